The first-order valence-corrected chi connectivity index (χ1v) is 6.50. The van der Waals surface area contributed by atoms with E-state index in [9.17, 15) is 0 Å². The number of rotatable bonds is 4. The molecule has 0 saturated carbocycles. The first-order valence-electron chi connectivity index (χ1n) is 6.50. The van der Waals surface area contributed by atoms with E-state index < -0.39 is 6.10 Å². The molecule has 2 aromatic rings. The molecule has 2 N–H and O–H groups in total. The van der Waals surface area contributed by atoms with Gasteiger partial charge in [0.15, 0.2) is 6.10 Å². The lowest BCUT2D eigenvalue weighted by molar-refractivity contribution is 0.251. The summed E-state index contributed by atoms with van der Waals surface area (Å²) in [5.74, 6) is 0.738. The zero-order valence-corrected chi connectivity index (χ0v) is 11.3. The van der Waals surface area contributed by atoms with Crippen LogP contribution in [0, 0.1) is 11.3 Å². The fraction of sp³-hybridized carbons (Fsp3) is 0.312. The van der Waals surface area contributed by atoms with Gasteiger partial charge in [0.1, 0.15) is 11.8 Å². The van der Waals surface area contributed by atoms with Gasteiger partial charge in [0.05, 0.1) is 0 Å². The lowest BCUT2D eigenvalue weighted by Gasteiger charge is -2.18. The van der Waals surface area contributed by atoms with Gasteiger partial charge in [-0.05, 0) is 18.7 Å². The smallest absolute Gasteiger partial charge is 0.184 e. The van der Waals surface area contributed by atoms with Crippen LogP contribution in [0.4, 0.5) is 0 Å². The number of benzene rings is 2. The van der Waals surface area contributed by atoms with E-state index in [-0.39, 0.29) is 6.04 Å². The Morgan fingerprint density at radius 1 is 1.26 bits per heavy atom. The summed E-state index contributed by atoms with van der Waals surface area (Å²) < 4.78 is 5.88. The van der Waals surface area contributed by atoms with Gasteiger partial charge in [0.25, 0.3) is 0 Å². The Kier molecular flexibility index (Phi) is 4.03. The van der Waals surface area contributed by atoms with Crippen molar-refractivity contribution >= 4 is 10.8 Å². The van der Waals surface area contributed by atoms with Gasteiger partial charge < -0.3 is 10.5 Å². The maximum absolute atomic E-state index is 9.08. The zero-order valence-electron chi connectivity index (χ0n) is 11.3. The Balaban J connectivity index is 2.59. The zero-order chi connectivity index (χ0) is 13.8. The van der Waals surface area contributed by atoms with Crippen molar-refractivity contribution in [1.29, 1.82) is 5.26 Å². The Morgan fingerprint density at radius 2 is 2.00 bits per heavy atom. The summed E-state index contributed by atoms with van der Waals surface area (Å²) in [6.45, 7) is 3.86. The van der Waals surface area contributed by atoms with E-state index in [1.165, 1.54) is 0 Å². The van der Waals surface area contributed by atoms with Gasteiger partial charge >= 0.3 is 0 Å². The number of nitriles is 1. The Hall–Kier alpha value is -2.05. The number of fused-ring (bicyclic) bond motifs is 1. The van der Waals surface area contributed by atoms with Crippen LogP contribution in [0.25, 0.3) is 10.8 Å². The van der Waals surface area contributed by atoms with E-state index in [0.717, 1.165) is 22.1 Å². The second kappa shape index (κ2) is 5.73. The highest BCUT2D eigenvalue weighted by Gasteiger charge is 2.15. The van der Waals surface area contributed by atoms with Crippen molar-refractivity contribution in [3.05, 3.63) is 42.0 Å². The van der Waals surface area contributed by atoms with Gasteiger partial charge in [-0.15, -0.1) is 0 Å². The minimum Gasteiger partial charge on any atom is -0.475 e. The Labute approximate surface area is 113 Å². The average Bonchev–Trinajstić information content (AvgIpc) is 2.44. The first kappa shape index (κ1) is 13.4. The number of hydrogen-bond acceptors (Lipinski definition) is 3. The average molecular weight is 254 g/mol. The SMILES string of the molecule is CCC(C#N)Oc1c([C@@H](C)N)ccc2ccccc12. The Morgan fingerprint density at radius 3 is 2.63 bits per heavy atom. The van der Waals surface area contributed by atoms with Gasteiger partial charge in [-0.25, -0.2) is 0 Å². The molecule has 0 saturated heterocycles. The van der Waals surface area contributed by atoms with Crippen LogP contribution in [-0.2, 0) is 0 Å². The van der Waals surface area contributed by atoms with Crippen molar-refractivity contribution in [1.82, 2.24) is 0 Å². The van der Waals surface area contributed by atoms with Crippen molar-refractivity contribution in [2.24, 2.45) is 5.73 Å². The predicted octanol–water partition coefficient (Wildman–Crippen LogP) is 3.54. The summed E-state index contributed by atoms with van der Waals surface area (Å²) >= 11 is 0. The summed E-state index contributed by atoms with van der Waals surface area (Å²) in [7, 11) is 0. The van der Waals surface area contributed by atoms with Crippen molar-refractivity contribution in [2.45, 2.75) is 32.4 Å². The van der Waals surface area contributed by atoms with Crippen LogP contribution in [-0.4, -0.2) is 6.10 Å². The van der Waals surface area contributed by atoms with Crippen LogP contribution >= 0.6 is 0 Å². The molecule has 0 aliphatic rings. The van der Waals surface area contributed by atoms with Crippen LogP contribution in [0.5, 0.6) is 5.75 Å². The molecule has 0 aliphatic carbocycles. The molecule has 0 bridgehead atoms. The third kappa shape index (κ3) is 2.69. The molecule has 0 radical (unpaired) electrons. The van der Waals surface area contributed by atoms with Gasteiger partial charge in [-0.3, -0.25) is 0 Å². The van der Waals surface area contributed by atoms with Gasteiger partial charge in [0, 0.05) is 17.0 Å². The lowest BCUT2D eigenvalue weighted by Crippen LogP contribution is -2.16. The summed E-state index contributed by atoms with van der Waals surface area (Å²) in [4.78, 5) is 0. The summed E-state index contributed by atoms with van der Waals surface area (Å²) in [6, 6.07) is 14.0. The van der Waals surface area contributed by atoms with E-state index in [4.69, 9.17) is 15.7 Å². The topological polar surface area (TPSA) is 59.0 Å². The molecule has 0 aliphatic heterocycles. The molecule has 0 aromatic heterocycles. The quantitative estimate of drug-likeness (QED) is 0.907. The molecule has 3 heteroatoms. The number of ether oxygens (including phenoxy) is 1. The molecule has 2 rings (SSSR count). The van der Waals surface area contributed by atoms with Crippen LogP contribution in [0.2, 0.25) is 0 Å². The summed E-state index contributed by atoms with van der Waals surface area (Å²) in [5, 5.41) is 11.2. The number of nitrogens with zero attached hydrogens (tertiary/aromatic N) is 1. The largest absolute Gasteiger partial charge is 0.475 e. The number of hydrogen-bond donors (Lipinski definition) is 1. The van der Waals surface area contributed by atoms with E-state index >= 15 is 0 Å². The molecule has 2 atom stereocenters. The molecule has 2 aromatic carbocycles. The highest BCUT2D eigenvalue weighted by molar-refractivity contribution is 5.89. The van der Waals surface area contributed by atoms with Crippen molar-refractivity contribution in [2.75, 3.05) is 0 Å². The second-order valence-electron chi connectivity index (χ2n) is 4.64. The fourth-order valence-corrected chi connectivity index (χ4v) is 2.09. The van der Waals surface area contributed by atoms with Crippen molar-refractivity contribution in [3.63, 3.8) is 0 Å². The van der Waals surface area contributed by atoms with Gasteiger partial charge in [-0.2, -0.15) is 5.26 Å². The molecule has 0 amide bonds. The molecule has 0 fully saturated rings. The minimum absolute atomic E-state index is 0.129. The normalized spacial score (nSPS) is 13.8. The molecule has 1 unspecified atom stereocenters. The van der Waals surface area contributed by atoms with E-state index in [1.807, 2.05) is 50.2 Å². The Bertz CT molecular complexity index is 614. The molecular weight excluding hydrogens is 236 g/mol. The molecular formula is C16H18N2O. The molecule has 19 heavy (non-hydrogen) atoms. The van der Waals surface area contributed by atoms with Crippen molar-refractivity contribution in [3.8, 4) is 11.8 Å². The van der Waals surface area contributed by atoms with E-state index in [0.29, 0.717) is 6.42 Å². The monoisotopic (exact) mass is 254 g/mol. The maximum atomic E-state index is 9.08. The highest BCUT2D eigenvalue weighted by Crippen LogP contribution is 2.33. The van der Waals surface area contributed by atoms with Crippen LogP contribution in [0.3, 0.4) is 0 Å². The molecule has 0 spiro atoms. The summed E-state index contributed by atoms with van der Waals surface area (Å²) in [6.07, 6.45) is 0.210. The third-order valence-corrected chi connectivity index (χ3v) is 3.18. The van der Waals surface area contributed by atoms with Crippen LogP contribution < -0.4 is 10.5 Å². The van der Waals surface area contributed by atoms with E-state index in [1.54, 1.807) is 0 Å². The predicted molar refractivity (Wildman–Crippen MR) is 76.9 cm³/mol. The van der Waals surface area contributed by atoms with E-state index in [2.05, 4.69) is 6.07 Å². The van der Waals surface area contributed by atoms with Crippen molar-refractivity contribution < 1.29 is 4.74 Å². The molecule has 0 heterocycles. The van der Waals surface area contributed by atoms with Gasteiger partial charge in [-0.1, -0.05) is 43.3 Å². The standard InChI is InChI=1S/C16H18N2O/c1-3-13(10-17)19-16-14(11(2)18)9-8-12-6-4-5-7-15(12)16/h4-9,11,13H,3,18H2,1-2H3/t11-,13?/m1/s1. The fourth-order valence-electron chi connectivity index (χ4n) is 2.09. The van der Waals surface area contributed by atoms with Crippen LogP contribution in [0.1, 0.15) is 31.9 Å². The minimum atomic E-state index is -0.441. The highest BCUT2D eigenvalue weighted by atomic mass is 16.5. The second-order valence-corrected chi connectivity index (χ2v) is 4.64. The molecule has 3 nitrogen and oxygen atoms in total. The number of nitrogens with two attached hydrogens (primary N) is 1. The van der Waals surface area contributed by atoms with Crippen LogP contribution in [0.15, 0.2) is 36.4 Å². The molecule has 98 valence electrons. The van der Waals surface area contributed by atoms with Gasteiger partial charge in [0.2, 0.25) is 0 Å². The maximum Gasteiger partial charge on any atom is 0.184 e. The lowest BCUT2D eigenvalue weighted by atomic mass is 10.0. The third-order valence-electron chi connectivity index (χ3n) is 3.18. The first-order chi connectivity index (χ1) is 9.17. The summed E-state index contributed by atoms with van der Waals surface area (Å²) in [5.41, 5.74) is 6.94.